The average Bonchev–Trinajstić information content (AvgIpc) is 3.63. The van der Waals surface area contributed by atoms with E-state index in [2.05, 4.69) is 13.0 Å². The molecule has 2 N–H and O–H groups in total. The van der Waals surface area contributed by atoms with Crippen LogP contribution in [0.25, 0.3) is 0 Å². The molecule has 24 atom stereocenters. The van der Waals surface area contributed by atoms with E-state index in [0.717, 1.165) is 19.3 Å². The number of ketones is 1. The number of allylic oxidation sites excluding steroid dienone is 2. The molecule has 17 heteroatoms. The highest BCUT2D eigenvalue weighted by Gasteiger charge is 2.71. The van der Waals surface area contributed by atoms with Crippen molar-refractivity contribution in [3.05, 3.63) is 23.3 Å². The molecule has 0 spiro atoms. The number of carbonyl (C=O) groups is 2. The van der Waals surface area contributed by atoms with Gasteiger partial charge in [0.05, 0.1) is 60.5 Å². The summed E-state index contributed by atoms with van der Waals surface area (Å²) in [6, 6.07) is 0. The minimum atomic E-state index is -1.15. The molecule has 0 radical (unpaired) electrons. The van der Waals surface area contributed by atoms with Gasteiger partial charge in [0.15, 0.2) is 25.2 Å². The summed E-state index contributed by atoms with van der Waals surface area (Å²) in [5.41, 5.74) is -0.429. The number of aliphatic hydroxyl groups excluding tert-OH is 1. The number of methoxy groups -OCH3 is 4. The Labute approximate surface area is 421 Å². The zero-order chi connectivity index (χ0) is 51.3. The van der Waals surface area contributed by atoms with Gasteiger partial charge in [-0.3, -0.25) is 4.79 Å². The molecule has 4 saturated heterocycles. The minimum absolute atomic E-state index is 0.0422. The van der Waals surface area contributed by atoms with Crippen LogP contribution in [-0.4, -0.2) is 167 Å². The Morgan fingerprint density at radius 2 is 1.14 bits per heavy atom. The number of rotatable bonds is 15. The number of carbonyl (C=O) groups excluding carboxylic acids is 2. The van der Waals surface area contributed by atoms with Crippen molar-refractivity contribution in [2.45, 2.75) is 249 Å². The molecule has 71 heavy (non-hydrogen) atoms. The first-order valence-electron chi connectivity index (χ1n) is 26.5. The van der Waals surface area contributed by atoms with Crippen molar-refractivity contribution in [2.75, 3.05) is 28.4 Å². The SMILES string of the molecule is CC=C(C)C(=O)OC1CC2C(CC=C3CC(O[C@H]4CC(OC)[C@H](O[C@H]5CC(OC)[C@H](O[C@H]6CC(OC)[C@H](O[C@H]7CC(OC)[C@H](O)C(C)O7)C(C)O6)C(C)O5)C(C)O4)CCC32C)C2(O)CCC(C(C)=O)C12C. The Morgan fingerprint density at radius 1 is 0.662 bits per heavy atom. The summed E-state index contributed by atoms with van der Waals surface area (Å²) in [7, 11) is 6.56. The van der Waals surface area contributed by atoms with Crippen molar-refractivity contribution < 1.29 is 81.4 Å². The number of Topliss-reactive ketones (excluding diaryl/α,β-unsaturated/α-hetero) is 1. The summed E-state index contributed by atoms with van der Waals surface area (Å²) in [6.45, 7) is 17.1. The summed E-state index contributed by atoms with van der Waals surface area (Å²) in [4.78, 5) is 26.5. The molecular formula is C54H86O17. The number of hydrogen-bond donors (Lipinski definition) is 2. The molecule has 16 unspecified atom stereocenters. The maximum atomic E-state index is 13.4. The maximum Gasteiger partial charge on any atom is 0.333 e. The first kappa shape index (κ1) is 55.3. The van der Waals surface area contributed by atoms with Crippen molar-refractivity contribution in [1.29, 1.82) is 0 Å². The van der Waals surface area contributed by atoms with Crippen LogP contribution in [0.15, 0.2) is 23.3 Å². The Bertz CT molecular complexity index is 1910. The molecule has 3 saturated carbocycles. The van der Waals surface area contributed by atoms with Gasteiger partial charge in [0.2, 0.25) is 0 Å². The van der Waals surface area contributed by atoms with Crippen LogP contribution in [0.4, 0.5) is 0 Å². The van der Waals surface area contributed by atoms with Crippen LogP contribution in [-0.2, 0) is 71.2 Å². The third kappa shape index (κ3) is 10.5. The Morgan fingerprint density at radius 3 is 1.62 bits per heavy atom. The topological polar surface area (TPSA) is 195 Å². The lowest BCUT2D eigenvalue weighted by molar-refractivity contribution is -0.347. The number of aliphatic hydroxyl groups is 2. The van der Waals surface area contributed by atoms with E-state index >= 15 is 0 Å². The molecule has 4 aliphatic heterocycles. The number of fused-ring (bicyclic) bond motifs is 5. The molecule has 0 bridgehead atoms. The van der Waals surface area contributed by atoms with E-state index < -0.39 is 91.1 Å². The van der Waals surface area contributed by atoms with Gasteiger partial charge in [-0.25, -0.2) is 4.79 Å². The second-order valence-electron chi connectivity index (χ2n) is 22.5. The molecule has 17 nitrogen and oxygen atoms in total. The van der Waals surface area contributed by atoms with E-state index in [0.29, 0.717) is 56.9 Å². The maximum absolute atomic E-state index is 13.4. The first-order valence-corrected chi connectivity index (χ1v) is 26.5. The van der Waals surface area contributed by atoms with Crippen LogP contribution >= 0.6 is 0 Å². The molecule has 4 heterocycles. The van der Waals surface area contributed by atoms with Gasteiger partial charge in [-0.2, -0.15) is 0 Å². The van der Waals surface area contributed by atoms with Crippen LogP contribution in [0, 0.1) is 28.6 Å². The van der Waals surface area contributed by atoms with Crippen molar-refractivity contribution in [1.82, 2.24) is 0 Å². The molecule has 8 rings (SSSR count). The van der Waals surface area contributed by atoms with Crippen LogP contribution in [0.5, 0.6) is 0 Å². The quantitative estimate of drug-likeness (QED) is 0.106. The number of ether oxygens (including phenoxy) is 13. The van der Waals surface area contributed by atoms with Crippen molar-refractivity contribution >= 4 is 11.8 Å². The summed E-state index contributed by atoms with van der Waals surface area (Å²) in [5.74, 6) is -0.718. The van der Waals surface area contributed by atoms with Gasteiger partial charge in [-0.05, 0) is 111 Å². The molecule has 0 amide bonds. The lowest BCUT2D eigenvalue weighted by Crippen LogP contribution is -2.66. The van der Waals surface area contributed by atoms with Crippen molar-refractivity contribution in [3.63, 3.8) is 0 Å². The standard InChI is InChI=1S/C54H86O17/c1-14-27(2)51(57)68-42-22-37-36(54(58)20-18-35(28(3)55)53(42,54)9)16-15-33-21-34(17-19-52(33,37)8)67-43-24-39(60-11)48(30(5)64-43)70-45-26-41(62-13)50(32(7)66-45)71-46-25-40(61-12)49(31(6)65-46)69-44-23-38(59-10)47(56)29(4)63-44/h14-15,29-32,34-50,56,58H,16-26H2,1-13H3/t29?,30?,31?,32?,34?,35?,36?,37?,38?,39?,40?,41?,42?,43-,44-,45-,46-,47+,48+,49+,50+,52?,53?,54?/m0/s1. The molecule has 7 fully saturated rings. The van der Waals surface area contributed by atoms with Gasteiger partial charge in [-0.1, -0.05) is 31.6 Å². The normalized spacial score (nSPS) is 49.3. The van der Waals surface area contributed by atoms with Crippen LogP contribution in [0.1, 0.15) is 133 Å². The summed E-state index contributed by atoms with van der Waals surface area (Å²) in [6.07, 6.45) is 2.27. The number of hydrogen-bond acceptors (Lipinski definition) is 17. The third-order valence-corrected chi connectivity index (χ3v) is 18.8. The van der Waals surface area contributed by atoms with Crippen molar-refractivity contribution in [3.8, 4) is 0 Å². The second kappa shape index (κ2) is 22.3. The first-order chi connectivity index (χ1) is 33.7. The van der Waals surface area contributed by atoms with E-state index in [1.165, 1.54) is 5.57 Å². The fraction of sp³-hybridized carbons (Fsp3) is 0.889. The third-order valence-electron chi connectivity index (χ3n) is 18.8. The van der Waals surface area contributed by atoms with Crippen LogP contribution < -0.4 is 0 Å². The van der Waals surface area contributed by atoms with Gasteiger partial charge in [0.1, 0.15) is 36.3 Å². The monoisotopic (exact) mass is 1010 g/mol. The number of esters is 1. The van der Waals surface area contributed by atoms with Gasteiger partial charge in [0.25, 0.3) is 0 Å². The summed E-state index contributed by atoms with van der Waals surface area (Å²) in [5, 5.41) is 23.3. The highest BCUT2D eigenvalue weighted by atomic mass is 16.8. The molecule has 404 valence electrons. The zero-order valence-electron chi connectivity index (χ0n) is 44.6. The van der Waals surface area contributed by atoms with Gasteiger partial charge in [-0.15, -0.1) is 0 Å². The van der Waals surface area contributed by atoms with Gasteiger partial charge in [0, 0.05) is 71.0 Å². The average molecular weight is 1010 g/mol. The zero-order valence-corrected chi connectivity index (χ0v) is 44.6. The van der Waals surface area contributed by atoms with E-state index in [9.17, 15) is 19.8 Å². The Kier molecular flexibility index (Phi) is 17.4. The Balaban J connectivity index is 0.855. The summed E-state index contributed by atoms with van der Waals surface area (Å²) < 4.78 is 81.8. The van der Waals surface area contributed by atoms with Gasteiger partial charge >= 0.3 is 5.97 Å². The van der Waals surface area contributed by atoms with Crippen LogP contribution in [0.3, 0.4) is 0 Å². The van der Waals surface area contributed by atoms with E-state index in [4.69, 9.17) is 61.6 Å². The summed E-state index contributed by atoms with van der Waals surface area (Å²) >= 11 is 0. The fourth-order valence-corrected chi connectivity index (χ4v) is 14.4. The predicted molar refractivity (Wildman–Crippen MR) is 257 cm³/mol. The second-order valence-corrected chi connectivity index (χ2v) is 22.5. The minimum Gasteiger partial charge on any atom is -0.458 e. The highest BCUT2D eigenvalue weighted by molar-refractivity contribution is 5.88. The molecule has 4 aliphatic carbocycles. The molecule has 0 aromatic rings. The molecule has 0 aromatic carbocycles. The largest absolute Gasteiger partial charge is 0.458 e. The van der Waals surface area contributed by atoms with E-state index in [-0.39, 0.29) is 65.4 Å². The molecule has 0 aromatic heterocycles. The lowest BCUT2D eigenvalue weighted by atomic mass is 9.45. The van der Waals surface area contributed by atoms with E-state index in [1.54, 1.807) is 55.3 Å². The van der Waals surface area contributed by atoms with Crippen molar-refractivity contribution in [2.24, 2.45) is 28.6 Å². The highest BCUT2D eigenvalue weighted by Crippen LogP contribution is 2.68. The Hall–Kier alpha value is -1.94. The van der Waals surface area contributed by atoms with Gasteiger partial charge < -0.3 is 71.8 Å². The fourth-order valence-electron chi connectivity index (χ4n) is 14.4. The predicted octanol–water partition coefficient (Wildman–Crippen LogP) is 6.26. The smallest absolute Gasteiger partial charge is 0.333 e. The van der Waals surface area contributed by atoms with E-state index in [1.807, 2.05) is 34.6 Å². The lowest BCUT2D eigenvalue weighted by Gasteiger charge is -2.63. The van der Waals surface area contributed by atoms with Crippen LogP contribution in [0.2, 0.25) is 0 Å². The molecular weight excluding hydrogens is 921 g/mol. The molecule has 8 aliphatic rings.